The van der Waals surface area contributed by atoms with Gasteiger partial charge in [-0.2, -0.15) is 5.10 Å². The number of nitrogens with one attached hydrogen (secondary N) is 1. The first-order valence-electron chi connectivity index (χ1n) is 9.26. The summed E-state index contributed by atoms with van der Waals surface area (Å²) in [5, 5.41) is 7.83. The molecule has 0 saturated heterocycles. The van der Waals surface area contributed by atoms with Crippen LogP contribution in [0.3, 0.4) is 0 Å². The van der Waals surface area contributed by atoms with Gasteiger partial charge in [0.1, 0.15) is 5.69 Å². The van der Waals surface area contributed by atoms with Crippen molar-refractivity contribution in [3.8, 4) is 11.4 Å². The summed E-state index contributed by atoms with van der Waals surface area (Å²) in [5.41, 5.74) is 5.19. The van der Waals surface area contributed by atoms with E-state index in [-0.39, 0.29) is 5.91 Å². The Kier molecular flexibility index (Phi) is 5.34. The van der Waals surface area contributed by atoms with Gasteiger partial charge in [0.05, 0.1) is 12.2 Å². The lowest BCUT2D eigenvalue weighted by Gasteiger charge is -2.14. The van der Waals surface area contributed by atoms with Crippen molar-refractivity contribution in [1.29, 1.82) is 0 Å². The van der Waals surface area contributed by atoms with Gasteiger partial charge in [0, 0.05) is 34.0 Å². The molecule has 2 aromatic heterocycles. The second kappa shape index (κ2) is 8.05. The van der Waals surface area contributed by atoms with E-state index in [0.29, 0.717) is 18.7 Å². The van der Waals surface area contributed by atoms with E-state index in [1.807, 2.05) is 48.7 Å². The Morgan fingerprint density at radius 1 is 1.11 bits per heavy atom. The molecular formula is C21H21BrN4O. The first-order chi connectivity index (χ1) is 13.2. The molecule has 0 atom stereocenters. The van der Waals surface area contributed by atoms with Crippen LogP contribution < -0.4 is 5.32 Å². The summed E-state index contributed by atoms with van der Waals surface area (Å²) in [6.45, 7) is 1.21. The molecule has 1 aliphatic carbocycles. The predicted octanol–water partition coefficient (Wildman–Crippen LogP) is 4.02. The number of aromatic nitrogens is 3. The van der Waals surface area contributed by atoms with E-state index in [9.17, 15) is 4.79 Å². The number of hydrogen-bond acceptors (Lipinski definition) is 3. The predicted molar refractivity (Wildman–Crippen MR) is 109 cm³/mol. The van der Waals surface area contributed by atoms with Crippen LogP contribution in [0.1, 0.15) is 34.5 Å². The third-order valence-corrected chi connectivity index (χ3v) is 5.41. The number of benzene rings is 1. The summed E-state index contributed by atoms with van der Waals surface area (Å²) in [7, 11) is 0. The summed E-state index contributed by atoms with van der Waals surface area (Å²) < 4.78 is 3.02. The number of carbonyl (C=O) groups excluding carboxylic acids is 1. The highest BCUT2D eigenvalue weighted by atomic mass is 79.9. The topological polar surface area (TPSA) is 59.8 Å². The van der Waals surface area contributed by atoms with E-state index in [0.717, 1.165) is 28.7 Å². The van der Waals surface area contributed by atoms with Gasteiger partial charge in [-0.3, -0.25) is 14.5 Å². The van der Waals surface area contributed by atoms with E-state index in [2.05, 4.69) is 30.9 Å². The molecule has 0 saturated carbocycles. The fraction of sp³-hybridized carbons (Fsp3) is 0.286. The molecule has 5 nitrogen and oxygen atoms in total. The minimum Gasteiger partial charge on any atom is -0.350 e. The highest BCUT2D eigenvalue weighted by molar-refractivity contribution is 9.10. The molecule has 1 aromatic carbocycles. The molecule has 1 aliphatic rings. The number of fused-ring (bicyclic) bond motifs is 1. The second-order valence-electron chi connectivity index (χ2n) is 6.68. The first kappa shape index (κ1) is 17.9. The maximum Gasteiger partial charge on any atom is 0.251 e. The van der Waals surface area contributed by atoms with E-state index in [1.54, 1.807) is 0 Å². The van der Waals surface area contributed by atoms with Crippen LogP contribution in [0.15, 0.2) is 53.1 Å². The average molecular weight is 425 g/mol. The number of nitrogens with zero attached hydrogens (tertiary/aromatic N) is 3. The number of amides is 1. The van der Waals surface area contributed by atoms with Crippen molar-refractivity contribution in [3.05, 3.63) is 70.0 Å². The van der Waals surface area contributed by atoms with Crippen LogP contribution in [0, 0.1) is 0 Å². The van der Waals surface area contributed by atoms with Gasteiger partial charge < -0.3 is 5.32 Å². The number of hydrogen-bond donors (Lipinski definition) is 1. The molecular weight excluding hydrogens is 404 g/mol. The number of halogens is 1. The van der Waals surface area contributed by atoms with E-state index in [4.69, 9.17) is 5.10 Å². The monoisotopic (exact) mass is 424 g/mol. The minimum absolute atomic E-state index is 0.0616. The van der Waals surface area contributed by atoms with Gasteiger partial charge in [0.15, 0.2) is 0 Å². The van der Waals surface area contributed by atoms with Crippen molar-refractivity contribution >= 4 is 21.8 Å². The van der Waals surface area contributed by atoms with Crippen molar-refractivity contribution in [2.75, 3.05) is 6.54 Å². The fourth-order valence-corrected chi connectivity index (χ4v) is 3.81. The van der Waals surface area contributed by atoms with Crippen LogP contribution in [-0.4, -0.2) is 27.2 Å². The van der Waals surface area contributed by atoms with Crippen LogP contribution in [0.5, 0.6) is 0 Å². The maximum absolute atomic E-state index is 12.3. The summed E-state index contributed by atoms with van der Waals surface area (Å²) >= 11 is 3.39. The fourth-order valence-electron chi connectivity index (χ4n) is 3.54. The van der Waals surface area contributed by atoms with Gasteiger partial charge in [-0.15, -0.1) is 0 Å². The molecule has 27 heavy (non-hydrogen) atoms. The summed E-state index contributed by atoms with van der Waals surface area (Å²) in [6, 6.07) is 13.3. The molecule has 0 aliphatic heterocycles. The Labute approximate surface area is 167 Å². The molecule has 2 heterocycles. The SMILES string of the molecule is O=C(NCCn1nc(-c2ccccn2)c2c1CCCC2)c1ccc(Br)cc1. The van der Waals surface area contributed by atoms with E-state index >= 15 is 0 Å². The van der Waals surface area contributed by atoms with Gasteiger partial charge in [0.2, 0.25) is 0 Å². The number of pyridine rings is 1. The maximum atomic E-state index is 12.3. The molecule has 4 rings (SSSR count). The molecule has 0 bridgehead atoms. The summed E-state index contributed by atoms with van der Waals surface area (Å²) in [6.07, 6.45) is 6.27. The molecule has 6 heteroatoms. The molecule has 138 valence electrons. The van der Waals surface area contributed by atoms with Gasteiger partial charge in [0.25, 0.3) is 5.91 Å². The summed E-state index contributed by atoms with van der Waals surface area (Å²) in [5.74, 6) is -0.0616. The van der Waals surface area contributed by atoms with Crippen LogP contribution in [0.25, 0.3) is 11.4 Å². The molecule has 0 unspecified atom stereocenters. The van der Waals surface area contributed by atoms with Crippen molar-refractivity contribution < 1.29 is 4.79 Å². The lowest BCUT2D eigenvalue weighted by molar-refractivity contribution is 0.0952. The van der Waals surface area contributed by atoms with Crippen molar-refractivity contribution in [2.24, 2.45) is 0 Å². The Bertz CT molecular complexity index is 935. The van der Waals surface area contributed by atoms with Crippen LogP contribution in [0.2, 0.25) is 0 Å². The highest BCUT2D eigenvalue weighted by Crippen LogP contribution is 2.30. The second-order valence-corrected chi connectivity index (χ2v) is 7.60. The normalized spacial score (nSPS) is 13.2. The number of rotatable bonds is 5. The number of carbonyl (C=O) groups is 1. The van der Waals surface area contributed by atoms with Gasteiger partial charge >= 0.3 is 0 Å². The molecule has 1 amide bonds. The average Bonchev–Trinajstić information content (AvgIpc) is 3.08. The van der Waals surface area contributed by atoms with Crippen LogP contribution in [0.4, 0.5) is 0 Å². The van der Waals surface area contributed by atoms with Crippen molar-refractivity contribution in [2.45, 2.75) is 32.2 Å². The van der Waals surface area contributed by atoms with Crippen LogP contribution >= 0.6 is 15.9 Å². The van der Waals surface area contributed by atoms with Crippen molar-refractivity contribution in [1.82, 2.24) is 20.1 Å². The lowest BCUT2D eigenvalue weighted by Crippen LogP contribution is -2.28. The van der Waals surface area contributed by atoms with Crippen molar-refractivity contribution in [3.63, 3.8) is 0 Å². The largest absolute Gasteiger partial charge is 0.350 e. The molecule has 3 aromatic rings. The van der Waals surface area contributed by atoms with Gasteiger partial charge in [-0.05, 0) is 62.1 Å². The highest BCUT2D eigenvalue weighted by Gasteiger charge is 2.22. The van der Waals surface area contributed by atoms with Gasteiger partial charge in [-0.1, -0.05) is 22.0 Å². The minimum atomic E-state index is -0.0616. The standard InChI is InChI=1S/C21H21BrN4O/c22-16-10-8-15(9-11-16)21(27)24-13-14-26-19-7-2-1-5-17(19)20(25-26)18-6-3-4-12-23-18/h3-4,6,8-12H,1-2,5,7,13-14H2,(H,24,27). The molecule has 0 fully saturated rings. The Morgan fingerprint density at radius 2 is 1.93 bits per heavy atom. The first-order valence-corrected chi connectivity index (χ1v) is 10.1. The zero-order valence-corrected chi connectivity index (χ0v) is 16.6. The van der Waals surface area contributed by atoms with E-state index < -0.39 is 0 Å². The quantitative estimate of drug-likeness (QED) is 0.672. The molecule has 0 spiro atoms. The molecule has 0 radical (unpaired) electrons. The third-order valence-electron chi connectivity index (χ3n) is 4.88. The Balaban J connectivity index is 1.48. The smallest absolute Gasteiger partial charge is 0.251 e. The zero-order chi connectivity index (χ0) is 18.6. The Hall–Kier alpha value is -2.47. The Morgan fingerprint density at radius 3 is 2.70 bits per heavy atom. The third kappa shape index (κ3) is 3.95. The van der Waals surface area contributed by atoms with E-state index in [1.165, 1.54) is 24.1 Å². The summed E-state index contributed by atoms with van der Waals surface area (Å²) in [4.78, 5) is 16.8. The lowest BCUT2D eigenvalue weighted by atomic mass is 9.95. The van der Waals surface area contributed by atoms with Gasteiger partial charge in [-0.25, -0.2) is 0 Å². The van der Waals surface area contributed by atoms with Crippen LogP contribution in [-0.2, 0) is 19.4 Å². The zero-order valence-electron chi connectivity index (χ0n) is 15.0. The molecule has 1 N–H and O–H groups in total.